The van der Waals surface area contributed by atoms with Gasteiger partial charge in [-0.25, -0.2) is 0 Å². The number of likely N-dealkylation sites (tertiary alicyclic amines) is 1. The number of nitrogens with zero attached hydrogens (tertiary/aromatic N) is 2. The normalized spacial score (nSPS) is 20.4. The molecule has 0 spiro atoms. The van der Waals surface area contributed by atoms with E-state index in [0.29, 0.717) is 0 Å². The lowest BCUT2D eigenvalue weighted by Gasteiger charge is -2.27. The first kappa shape index (κ1) is 17.9. The Balaban J connectivity index is 1.70. The fourth-order valence-electron chi connectivity index (χ4n) is 3.62. The number of methoxy groups -OCH3 is 1. The van der Waals surface area contributed by atoms with Crippen molar-refractivity contribution >= 4 is 18.2 Å². The summed E-state index contributed by atoms with van der Waals surface area (Å²) in [6.45, 7) is 6.99. The summed E-state index contributed by atoms with van der Waals surface area (Å²) in [4.78, 5) is 13.1. The highest BCUT2D eigenvalue weighted by molar-refractivity contribution is 7.71. The summed E-state index contributed by atoms with van der Waals surface area (Å²) in [5, 5.41) is 0. The molecule has 3 rings (SSSR count). The predicted molar refractivity (Wildman–Crippen MR) is 99.5 cm³/mol. The van der Waals surface area contributed by atoms with Gasteiger partial charge in [-0.3, -0.25) is 13.9 Å². The molecule has 0 atom stereocenters. The molecule has 1 aliphatic heterocycles. The van der Waals surface area contributed by atoms with E-state index < -0.39 is 0 Å². The molecule has 0 radical (unpaired) electrons. The summed E-state index contributed by atoms with van der Waals surface area (Å²) < 4.78 is 9.88. The number of rotatable bonds is 4. The van der Waals surface area contributed by atoms with Crippen LogP contribution in [-0.2, 0) is 16.2 Å². The zero-order valence-electron chi connectivity index (χ0n) is 15.1. The fourth-order valence-corrected chi connectivity index (χ4v) is 3.90. The molecule has 0 aliphatic carbocycles. The van der Waals surface area contributed by atoms with Crippen molar-refractivity contribution in [2.24, 2.45) is 5.92 Å². The molecular weight excluding hydrogens is 334 g/mol. The third-order valence-corrected chi connectivity index (χ3v) is 5.51. The average Bonchev–Trinajstić information content (AvgIpc) is 2.95. The molecule has 5 nitrogen and oxygen atoms in total. The highest BCUT2D eigenvalue weighted by Gasteiger charge is 2.28. The predicted octanol–water partition coefficient (Wildman–Crippen LogP) is 2.05. The lowest BCUT2D eigenvalue weighted by Crippen LogP contribution is -3.12. The highest BCUT2D eigenvalue weighted by Crippen LogP contribution is 2.17. The maximum Gasteiger partial charge on any atom is 0.309 e. The molecule has 2 heterocycles. The van der Waals surface area contributed by atoms with Crippen molar-refractivity contribution in [3.05, 3.63) is 46.5 Å². The minimum Gasteiger partial charge on any atom is -0.469 e. The first-order valence-electron chi connectivity index (χ1n) is 8.76. The molecule has 134 valence electrons. The van der Waals surface area contributed by atoms with Gasteiger partial charge >= 0.3 is 5.97 Å². The van der Waals surface area contributed by atoms with Crippen molar-refractivity contribution in [3.8, 4) is 5.69 Å². The van der Waals surface area contributed by atoms with Gasteiger partial charge in [0.25, 0.3) is 0 Å². The minimum atomic E-state index is -0.0725. The summed E-state index contributed by atoms with van der Waals surface area (Å²) in [6, 6.07) is 6.42. The highest BCUT2D eigenvalue weighted by atomic mass is 32.1. The summed E-state index contributed by atoms with van der Waals surface area (Å²) in [5.74, 6) is -0.0156. The SMILES string of the molecule is COC(=O)C1CC[NH+](Cn2ccn(-c3ccc(C)cc3C)c2=S)CC1. The standard InChI is InChI=1S/C19H25N3O2S/c1-14-4-5-17(15(2)12-14)22-11-10-21(19(22)25)13-20-8-6-16(7-9-20)18(23)24-3/h4-5,10-12,16H,6-9,13H2,1-3H3/p+1. The van der Waals surface area contributed by atoms with Crippen molar-refractivity contribution in [1.29, 1.82) is 0 Å². The Morgan fingerprint density at radius 2 is 2.00 bits per heavy atom. The first-order valence-corrected chi connectivity index (χ1v) is 9.17. The Hall–Kier alpha value is -1.92. The van der Waals surface area contributed by atoms with Gasteiger partial charge in [0.1, 0.15) is 0 Å². The van der Waals surface area contributed by atoms with Crippen LogP contribution in [0.5, 0.6) is 0 Å². The number of hydrogen-bond donors (Lipinski definition) is 1. The van der Waals surface area contributed by atoms with Crippen LogP contribution in [0.3, 0.4) is 0 Å². The molecule has 0 bridgehead atoms. The van der Waals surface area contributed by atoms with Crippen LogP contribution in [0.15, 0.2) is 30.6 Å². The van der Waals surface area contributed by atoms with Crippen molar-refractivity contribution in [2.75, 3.05) is 20.2 Å². The molecule has 1 aromatic carbocycles. The largest absolute Gasteiger partial charge is 0.469 e. The van der Waals surface area contributed by atoms with E-state index in [1.54, 1.807) is 0 Å². The maximum atomic E-state index is 11.6. The number of aryl methyl sites for hydroxylation is 2. The lowest BCUT2D eigenvalue weighted by molar-refractivity contribution is -0.928. The Bertz CT molecular complexity index is 816. The third kappa shape index (κ3) is 3.85. The molecule has 6 heteroatoms. The monoisotopic (exact) mass is 360 g/mol. The molecule has 2 aromatic rings. The fraction of sp³-hybridized carbons (Fsp3) is 0.474. The number of quaternary nitrogens is 1. The van der Waals surface area contributed by atoms with E-state index in [4.69, 9.17) is 17.0 Å². The quantitative estimate of drug-likeness (QED) is 0.670. The number of carbonyl (C=O) groups excluding carboxylic acids is 1. The Morgan fingerprint density at radius 3 is 2.64 bits per heavy atom. The van der Waals surface area contributed by atoms with Gasteiger partial charge in [-0.15, -0.1) is 0 Å². The number of nitrogens with one attached hydrogen (secondary N) is 1. The van der Waals surface area contributed by atoms with Crippen LogP contribution in [0.25, 0.3) is 5.69 Å². The molecule has 0 amide bonds. The minimum absolute atomic E-state index is 0.0570. The van der Waals surface area contributed by atoms with Gasteiger partial charge in [-0.1, -0.05) is 17.7 Å². The van der Waals surface area contributed by atoms with Crippen LogP contribution < -0.4 is 4.90 Å². The summed E-state index contributed by atoms with van der Waals surface area (Å²) in [6.07, 6.45) is 5.86. The molecule has 1 aliphatic rings. The van der Waals surface area contributed by atoms with E-state index in [2.05, 4.69) is 47.4 Å². The van der Waals surface area contributed by atoms with Crippen molar-refractivity contribution in [3.63, 3.8) is 0 Å². The van der Waals surface area contributed by atoms with Crippen LogP contribution in [0.2, 0.25) is 0 Å². The molecule has 1 fully saturated rings. The third-order valence-electron chi connectivity index (χ3n) is 5.08. The number of imidazole rings is 1. The number of esters is 1. The van der Waals surface area contributed by atoms with E-state index >= 15 is 0 Å². The van der Waals surface area contributed by atoms with Gasteiger partial charge in [0.05, 0.1) is 31.8 Å². The Labute approximate surface area is 153 Å². The second kappa shape index (κ2) is 7.54. The molecule has 0 saturated carbocycles. The molecule has 1 saturated heterocycles. The van der Waals surface area contributed by atoms with E-state index in [1.807, 2.05) is 6.20 Å². The molecule has 0 unspecified atom stereocenters. The smallest absolute Gasteiger partial charge is 0.309 e. The van der Waals surface area contributed by atoms with Crippen molar-refractivity contribution in [2.45, 2.75) is 33.4 Å². The second-order valence-electron chi connectivity index (χ2n) is 6.92. The molecule has 25 heavy (non-hydrogen) atoms. The number of benzene rings is 1. The van der Waals surface area contributed by atoms with E-state index in [9.17, 15) is 4.79 Å². The van der Waals surface area contributed by atoms with Crippen LogP contribution in [0, 0.1) is 24.5 Å². The summed E-state index contributed by atoms with van der Waals surface area (Å²) in [7, 11) is 1.47. The number of ether oxygens (including phenoxy) is 1. The van der Waals surface area contributed by atoms with Gasteiger partial charge in [-0.05, 0) is 37.7 Å². The Morgan fingerprint density at radius 1 is 1.28 bits per heavy atom. The summed E-state index contributed by atoms with van der Waals surface area (Å²) in [5.41, 5.74) is 3.61. The topological polar surface area (TPSA) is 40.6 Å². The van der Waals surface area contributed by atoms with Crippen LogP contribution in [0.1, 0.15) is 24.0 Å². The summed E-state index contributed by atoms with van der Waals surface area (Å²) >= 11 is 5.69. The Kier molecular flexibility index (Phi) is 5.39. The molecule has 1 N–H and O–H groups in total. The average molecular weight is 361 g/mol. The van der Waals surface area contributed by atoms with Gasteiger partial charge in [0.2, 0.25) is 0 Å². The van der Waals surface area contributed by atoms with Gasteiger partial charge in [0.15, 0.2) is 11.4 Å². The van der Waals surface area contributed by atoms with Crippen LogP contribution >= 0.6 is 12.2 Å². The van der Waals surface area contributed by atoms with E-state index in [-0.39, 0.29) is 11.9 Å². The maximum absolute atomic E-state index is 11.6. The van der Waals surface area contributed by atoms with E-state index in [1.165, 1.54) is 23.1 Å². The molecule has 1 aromatic heterocycles. The van der Waals surface area contributed by atoms with Gasteiger partial charge in [0, 0.05) is 25.2 Å². The van der Waals surface area contributed by atoms with Crippen molar-refractivity contribution < 1.29 is 14.4 Å². The van der Waals surface area contributed by atoms with Crippen molar-refractivity contribution in [1.82, 2.24) is 9.13 Å². The number of aromatic nitrogens is 2. The molecular formula is C19H26N3O2S+. The zero-order valence-corrected chi connectivity index (χ0v) is 15.9. The van der Waals surface area contributed by atoms with Crippen LogP contribution in [0.4, 0.5) is 0 Å². The number of piperidine rings is 1. The first-order chi connectivity index (χ1) is 12.0. The number of hydrogen-bond acceptors (Lipinski definition) is 3. The van der Waals surface area contributed by atoms with E-state index in [0.717, 1.165) is 43.1 Å². The van der Waals surface area contributed by atoms with Gasteiger partial charge in [-0.2, -0.15) is 0 Å². The zero-order chi connectivity index (χ0) is 18.0. The lowest BCUT2D eigenvalue weighted by atomic mass is 9.97. The number of carbonyl (C=O) groups is 1. The van der Waals surface area contributed by atoms with Gasteiger partial charge < -0.3 is 9.64 Å². The van der Waals surface area contributed by atoms with Crippen LogP contribution in [-0.4, -0.2) is 35.3 Å². The second-order valence-corrected chi connectivity index (χ2v) is 7.28.